The van der Waals surface area contributed by atoms with Crippen molar-refractivity contribution in [2.24, 2.45) is 10.9 Å². The highest BCUT2D eigenvalue weighted by molar-refractivity contribution is 6.25. The van der Waals surface area contributed by atoms with Gasteiger partial charge in [0, 0.05) is 14.1 Å². The topological polar surface area (TPSA) is 88.7 Å². The number of carbonyl (C=O) groups is 2. The summed E-state index contributed by atoms with van der Waals surface area (Å²) in [6.07, 6.45) is 2.14. The Labute approximate surface area is 194 Å². The van der Waals surface area contributed by atoms with Crippen LogP contribution in [0, 0.1) is 5.92 Å². The van der Waals surface area contributed by atoms with Crippen LogP contribution < -0.4 is 4.74 Å². The van der Waals surface area contributed by atoms with Crippen LogP contribution in [0.5, 0.6) is 5.75 Å². The number of aliphatic imine (C=N–C) groups is 1. The van der Waals surface area contributed by atoms with E-state index < -0.39 is 18.2 Å². The molecule has 33 heavy (non-hydrogen) atoms. The number of hydrogen-bond acceptors (Lipinski definition) is 4. The Hall–Kier alpha value is -2.94. The molecule has 9 heteroatoms. The number of fused-ring (bicyclic) bond motifs is 1. The Kier molecular flexibility index (Phi) is 6.69. The van der Waals surface area contributed by atoms with Crippen molar-refractivity contribution in [3.8, 4) is 5.75 Å². The highest BCUT2D eigenvalue weighted by atomic mass is 16.5. The zero-order valence-electron chi connectivity index (χ0n) is 19.9. The maximum Gasteiger partial charge on any atom is 0.392 e. The number of aliphatic hydroxyl groups excluding tert-OH is 1. The summed E-state index contributed by atoms with van der Waals surface area (Å²) < 4.78 is 8.00. The summed E-state index contributed by atoms with van der Waals surface area (Å²) in [4.78, 5) is 34.7. The molecule has 2 fully saturated rings. The lowest BCUT2D eigenvalue weighted by Crippen LogP contribution is -2.63. The second-order valence-corrected chi connectivity index (χ2v) is 9.20. The second-order valence-electron chi connectivity index (χ2n) is 9.20. The van der Waals surface area contributed by atoms with E-state index in [2.05, 4.69) is 18.4 Å². The average molecular weight is 457 g/mol. The van der Waals surface area contributed by atoms with Crippen LogP contribution >= 0.6 is 0 Å². The predicted octanol–water partition coefficient (Wildman–Crippen LogP) is 1.39. The average Bonchev–Trinajstić information content (AvgIpc) is 3.19. The molecule has 3 amide bonds. The Morgan fingerprint density at radius 1 is 1.21 bits per heavy atom. The number of piperidine rings is 1. The lowest BCUT2D eigenvalue weighted by molar-refractivity contribution is -0.545. The van der Waals surface area contributed by atoms with Gasteiger partial charge in [-0.25, -0.2) is 9.69 Å². The van der Waals surface area contributed by atoms with Crippen LogP contribution in [0.1, 0.15) is 32.3 Å². The number of aryl methyl sites for hydroxylation is 1. The molecule has 178 valence electrons. The molecule has 1 N–H and O–H groups in total. The first-order valence-electron chi connectivity index (χ1n) is 11.7. The van der Waals surface area contributed by atoms with E-state index >= 15 is 0 Å². The van der Waals surface area contributed by atoms with Gasteiger partial charge in [-0.3, -0.25) is 19.2 Å². The van der Waals surface area contributed by atoms with Crippen LogP contribution in [0.15, 0.2) is 29.3 Å². The number of guanidine groups is 1. The van der Waals surface area contributed by atoms with E-state index in [0.717, 1.165) is 42.8 Å². The first-order valence-corrected chi connectivity index (χ1v) is 11.7. The largest absolute Gasteiger partial charge is 0.491 e. The fourth-order valence-corrected chi connectivity index (χ4v) is 4.56. The van der Waals surface area contributed by atoms with Crippen molar-refractivity contribution in [1.82, 2.24) is 14.7 Å². The lowest BCUT2D eigenvalue weighted by Gasteiger charge is -2.33. The quantitative estimate of drug-likeness (QED) is 0.654. The lowest BCUT2D eigenvalue weighted by atomic mass is 10.0. The first-order chi connectivity index (χ1) is 15.8. The fraction of sp³-hybridized carbons (Fsp3) is 0.583. The Morgan fingerprint density at radius 3 is 2.64 bits per heavy atom. The van der Waals surface area contributed by atoms with Crippen LogP contribution in [0.2, 0.25) is 0 Å². The Bertz CT molecular complexity index is 981. The maximum absolute atomic E-state index is 13.1. The number of rotatable bonds is 6. The molecule has 1 aromatic rings. The van der Waals surface area contributed by atoms with Gasteiger partial charge in [0.05, 0.1) is 19.6 Å². The molecule has 2 saturated heterocycles. The number of amidine groups is 1. The third-order valence-corrected chi connectivity index (χ3v) is 6.73. The molecular weight excluding hydrogens is 422 g/mol. The fourth-order valence-electron chi connectivity index (χ4n) is 4.56. The number of amides is 3. The van der Waals surface area contributed by atoms with Gasteiger partial charge in [0.1, 0.15) is 18.5 Å². The van der Waals surface area contributed by atoms with Crippen molar-refractivity contribution in [3.05, 3.63) is 29.8 Å². The van der Waals surface area contributed by atoms with E-state index in [1.165, 1.54) is 11.9 Å². The standard InChI is InChI=1S/C24H34N5O4/c1-5-17-7-6-8-19(13-17)33-15-18(30)14-29-20-21(26(3)24(32)27(4)22(20)31)25-23(29)28-11-9-16(2)10-12-28/h6-8,13,16,18,20,30H,5,9-12,14-15H2,1-4H3/q+1. The summed E-state index contributed by atoms with van der Waals surface area (Å²) in [5.41, 5.74) is 1.16. The molecule has 3 aliphatic rings. The van der Waals surface area contributed by atoms with Crippen molar-refractivity contribution >= 4 is 23.7 Å². The summed E-state index contributed by atoms with van der Waals surface area (Å²) in [7, 11) is 3.12. The Balaban J connectivity index is 1.56. The van der Waals surface area contributed by atoms with Gasteiger partial charge >= 0.3 is 12.0 Å². The van der Waals surface area contributed by atoms with Crippen LogP contribution in [-0.2, 0) is 11.2 Å². The van der Waals surface area contributed by atoms with Crippen molar-refractivity contribution in [2.45, 2.75) is 45.3 Å². The molecule has 2 unspecified atom stereocenters. The summed E-state index contributed by atoms with van der Waals surface area (Å²) in [6, 6.07) is 6.68. The number of hydrogen-bond donors (Lipinski definition) is 1. The molecule has 0 aromatic heterocycles. The number of urea groups is 1. The number of β-amino-alcohol motifs (C(OH)–C–C–N with tert-alkyl or cyclic N) is 1. The molecule has 3 heterocycles. The van der Waals surface area contributed by atoms with E-state index in [9.17, 15) is 14.7 Å². The number of ether oxygens (including phenoxy) is 1. The van der Waals surface area contributed by atoms with E-state index in [1.54, 1.807) is 7.05 Å². The third-order valence-electron chi connectivity index (χ3n) is 6.73. The van der Waals surface area contributed by atoms with Crippen molar-refractivity contribution in [1.29, 1.82) is 0 Å². The minimum Gasteiger partial charge on any atom is -0.491 e. The number of aliphatic hydroxyl groups is 1. The van der Waals surface area contributed by atoms with E-state index in [4.69, 9.17) is 9.73 Å². The van der Waals surface area contributed by atoms with Gasteiger partial charge in [-0.05, 0) is 42.9 Å². The summed E-state index contributed by atoms with van der Waals surface area (Å²) in [6.45, 7) is 6.24. The van der Waals surface area contributed by atoms with Gasteiger partial charge in [0.15, 0.2) is 0 Å². The number of nitrogens with zero attached hydrogens (tertiary/aromatic N) is 5. The van der Waals surface area contributed by atoms with Crippen LogP contribution in [0.4, 0.5) is 4.79 Å². The molecule has 0 aliphatic carbocycles. The molecule has 1 aromatic carbocycles. The molecule has 0 bridgehead atoms. The Morgan fingerprint density at radius 2 is 1.94 bits per heavy atom. The monoisotopic (exact) mass is 456 g/mol. The smallest absolute Gasteiger partial charge is 0.392 e. The molecule has 0 saturated carbocycles. The molecule has 0 spiro atoms. The normalized spacial score (nSPS) is 24.3. The van der Waals surface area contributed by atoms with Gasteiger partial charge in [-0.15, -0.1) is 0 Å². The number of benzene rings is 1. The van der Waals surface area contributed by atoms with Crippen LogP contribution in [-0.4, -0.2) is 101 Å². The molecule has 9 nitrogen and oxygen atoms in total. The van der Waals surface area contributed by atoms with E-state index in [1.807, 2.05) is 29.2 Å². The molecule has 0 radical (unpaired) electrons. The van der Waals surface area contributed by atoms with Gasteiger partial charge in [-0.2, -0.15) is 0 Å². The number of likely N-dealkylation sites (N-methyl/N-ethyl adjacent to an activating group) is 2. The van der Waals surface area contributed by atoms with Gasteiger partial charge < -0.3 is 9.84 Å². The third kappa shape index (κ3) is 4.59. The minimum atomic E-state index is -0.843. The molecule has 3 aliphatic heterocycles. The highest BCUT2D eigenvalue weighted by Crippen LogP contribution is 2.25. The molecule has 2 atom stereocenters. The van der Waals surface area contributed by atoms with Gasteiger partial charge in [0.2, 0.25) is 11.9 Å². The van der Waals surface area contributed by atoms with E-state index in [0.29, 0.717) is 23.5 Å². The van der Waals surface area contributed by atoms with Gasteiger partial charge in [-0.1, -0.05) is 31.0 Å². The molecule has 4 rings (SSSR count). The van der Waals surface area contributed by atoms with Crippen LogP contribution in [0.3, 0.4) is 0 Å². The van der Waals surface area contributed by atoms with Gasteiger partial charge in [0.25, 0.3) is 5.91 Å². The molecular formula is C24H34N5O4+. The minimum absolute atomic E-state index is 0.0921. The SMILES string of the molecule is CCc1cccc(OCC(O)CN2C(=[N+]3CCC(C)CC3)N=C3C2C(=O)N(C)C(=O)N3C)c1. The summed E-state index contributed by atoms with van der Waals surface area (Å²) in [5.74, 6) is 2.08. The zero-order valence-corrected chi connectivity index (χ0v) is 19.9. The number of imide groups is 1. The predicted molar refractivity (Wildman–Crippen MR) is 125 cm³/mol. The van der Waals surface area contributed by atoms with Crippen molar-refractivity contribution in [3.63, 3.8) is 0 Å². The summed E-state index contributed by atoms with van der Waals surface area (Å²) >= 11 is 0. The second kappa shape index (κ2) is 9.51. The van der Waals surface area contributed by atoms with E-state index in [-0.39, 0.29) is 19.1 Å². The zero-order chi connectivity index (χ0) is 23.7. The van der Waals surface area contributed by atoms with Crippen molar-refractivity contribution < 1.29 is 24.0 Å². The highest BCUT2D eigenvalue weighted by Gasteiger charge is 2.55. The van der Waals surface area contributed by atoms with Crippen LogP contribution in [0.25, 0.3) is 0 Å². The maximum atomic E-state index is 13.1. The number of carbonyl (C=O) groups excluding carboxylic acids is 2. The van der Waals surface area contributed by atoms with Crippen molar-refractivity contribution in [2.75, 3.05) is 40.3 Å². The first kappa shape index (κ1) is 23.2. The summed E-state index contributed by atoms with van der Waals surface area (Å²) in [5, 5.41) is 10.9.